The van der Waals surface area contributed by atoms with Crippen LogP contribution in [-0.4, -0.2) is 0 Å². The minimum absolute atomic E-state index is 0. The van der Waals surface area contributed by atoms with Crippen LogP contribution in [0.3, 0.4) is 0 Å². The Morgan fingerprint density at radius 1 is 0.333 bits per heavy atom. The molecule has 0 saturated carbocycles. The maximum atomic E-state index is 1.83. The van der Waals surface area contributed by atoms with Crippen LogP contribution >= 0.6 is 78.6 Å². The summed E-state index contributed by atoms with van der Waals surface area (Å²) in [5.41, 5.74) is 0. The molecule has 1 heterocycles. The molecule has 0 atom stereocenters. The fourth-order valence-electron chi connectivity index (χ4n) is 0.0907. The second kappa shape index (κ2) is 9.54. The molecule has 0 spiro atoms. The van der Waals surface area contributed by atoms with Crippen molar-refractivity contribution in [3.05, 3.63) is 0 Å². The SMILES string of the molecule is S1SSSSSSS1.[99Tc]. The fraction of sp³-hybridized carbons (Fsp3) is 0. The van der Waals surface area contributed by atoms with Crippen molar-refractivity contribution in [3.8, 4) is 0 Å². The Labute approximate surface area is 97.0 Å². The van der Waals surface area contributed by atoms with Gasteiger partial charge in [0.15, 0.2) is 0 Å². The molecule has 9 heavy (non-hydrogen) atoms. The predicted octanol–water partition coefficient (Wildman–Crippen LogP) is 5.18. The average molecular weight is 355 g/mol. The Morgan fingerprint density at radius 2 is 0.444 bits per heavy atom. The van der Waals surface area contributed by atoms with Gasteiger partial charge in [0.25, 0.3) is 0 Å². The first-order valence-corrected chi connectivity index (χ1v) is 12.0. The van der Waals surface area contributed by atoms with Gasteiger partial charge in [0.1, 0.15) is 0 Å². The molecule has 0 N–H and O–H groups in total. The normalized spacial score (nSPS) is 21.3. The number of hydrogen-bond donors (Lipinski definition) is 0. The van der Waals surface area contributed by atoms with Crippen molar-refractivity contribution in [2.45, 2.75) is 0 Å². The summed E-state index contributed by atoms with van der Waals surface area (Å²) < 4.78 is 0. The molecule has 9 heteroatoms. The van der Waals surface area contributed by atoms with Crippen LogP contribution in [0, 0.1) is 0 Å². The largest absolute Gasteiger partial charge is 0 e. The fourth-order valence-corrected chi connectivity index (χ4v) is 22.0. The molecule has 55 valence electrons. The molecule has 1 aliphatic rings. The smallest absolute Gasteiger partial charge is 0 e. The summed E-state index contributed by atoms with van der Waals surface area (Å²) in [6.07, 6.45) is 0. The summed E-state index contributed by atoms with van der Waals surface area (Å²) in [6.45, 7) is 0. The summed E-state index contributed by atoms with van der Waals surface area (Å²) in [4.78, 5) is 0. The van der Waals surface area contributed by atoms with Gasteiger partial charge < -0.3 is 0 Å². The third-order valence-corrected chi connectivity index (χ3v) is 18.0. The van der Waals surface area contributed by atoms with E-state index in [2.05, 4.69) is 0 Å². The third-order valence-electron chi connectivity index (χ3n) is 0.222. The van der Waals surface area contributed by atoms with Crippen LogP contribution in [-0.2, 0) is 20.1 Å². The minimum atomic E-state index is 0. The third kappa shape index (κ3) is 7.80. The van der Waals surface area contributed by atoms with Crippen LogP contribution in [0.5, 0.6) is 0 Å². The van der Waals surface area contributed by atoms with Gasteiger partial charge in [-0.3, -0.25) is 0 Å². The van der Waals surface area contributed by atoms with E-state index in [0.29, 0.717) is 0 Å². The van der Waals surface area contributed by atoms with Gasteiger partial charge in [-0.25, -0.2) is 0 Å². The molecule has 1 saturated heterocycles. The van der Waals surface area contributed by atoms with Gasteiger partial charge in [0.05, 0.1) is 0 Å². The van der Waals surface area contributed by atoms with Crippen LogP contribution in [0.4, 0.5) is 0 Å². The standard InChI is InChI=1S/S8.Tc/c1-2-4-6-8-7-5-3-1;/i;1+1. The summed E-state index contributed by atoms with van der Waals surface area (Å²) in [5, 5.41) is 0. The number of hydrogen-bond acceptors (Lipinski definition) is 8. The summed E-state index contributed by atoms with van der Waals surface area (Å²) in [6, 6.07) is 0. The van der Waals surface area contributed by atoms with Crippen molar-refractivity contribution >= 4 is 78.6 Å². The Kier molecular flexibility index (Phi) is 13.2. The van der Waals surface area contributed by atoms with Gasteiger partial charge >= 0.3 is 0 Å². The van der Waals surface area contributed by atoms with E-state index in [-0.39, 0.29) is 20.1 Å². The zero-order valence-corrected chi connectivity index (χ0v) is 12.0. The van der Waals surface area contributed by atoms with E-state index < -0.39 is 0 Å². The Bertz CT molecular complexity index is 28.5. The average Bonchev–Trinajstić information content (AvgIpc) is 1.62. The monoisotopic (exact) mass is 355 g/mol. The maximum Gasteiger partial charge on any atom is 0 e. The molecular weight excluding hydrogens is 355 g/mol. The van der Waals surface area contributed by atoms with Gasteiger partial charge in [-0.05, 0) is 0 Å². The molecule has 0 aromatic carbocycles. The molecule has 1 aliphatic heterocycles. The molecule has 0 nitrogen and oxygen atoms in total. The van der Waals surface area contributed by atoms with Gasteiger partial charge in [0.2, 0.25) is 0 Å². The summed E-state index contributed by atoms with van der Waals surface area (Å²) in [5.74, 6) is 0. The van der Waals surface area contributed by atoms with E-state index in [1.807, 2.05) is 78.6 Å². The van der Waals surface area contributed by atoms with Crippen molar-refractivity contribution < 1.29 is 20.1 Å². The zero-order valence-electron chi connectivity index (χ0n) is 3.64. The van der Waals surface area contributed by atoms with Crippen molar-refractivity contribution in [1.29, 1.82) is 0 Å². The second-order valence-corrected chi connectivity index (χ2v) is 14.7. The van der Waals surface area contributed by atoms with E-state index in [1.54, 1.807) is 0 Å². The first-order chi connectivity index (χ1) is 4.00. The Morgan fingerprint density at radius 3 is 0.556 bits per heavy atom. The molecule has 0 bridgehead atoms. The predicted molar refractivity (Wildman–Crippen MR) is 60.7 cm³/mol. The van der Waals surface area contributed by atoms with Gasteiger partial charge in [0, 0.05) is 98.7 Å². The van der Waals surface area contributed by atoms with Crippen LogP contribution in [0.15, 0.2) is 0 Å². The molecular formula is S8Tc. The first kappa shape index (κ1) is 12.4. The van der Waals surface area contributed by atoms with E-state index in [0.717, 1.165) is 0 Å². The molecule has 0 unspecified atom stereocenters. The van der Waals surface area contributed by atoms with Crippen molar-refractivity contribution in [2.75, 3.05) is 0 Å². The maximum absolute atomic E-state index is 1.83. The molecule has 0 aliphatic carbocycles. The van der Waals surface area contributed by atoms with Gasteiger partial charge in [-0.1, -0.05) is 0 Å². The Balaban J connectivity index is 0.000000640. The molecule has 0 aromatic heterocycles. The second-order valence-electron chi connectivity index (χ2n) is 0.544. The summed E-state index contributed by atoms with van der Waals surface area (Å²) in [7, 11) is 14.7. The quantitative estimate of drug-likeness (QED) is 0.538. The van der Waals surface area contributed by atoms with Crippen molar-refractivity contribution in [2.24, 2.45) is 0 Å². The molecule has 1 radical (unpaired) electrons. The first-order valence-electron chi connectivity index (χ1n) is 1.33. The van der Waals surface area contributed by atoms with Crippen LogP contribution < -0.4 is 0 Å². The minimum Gasteiger partial charge on any atom is 0 e. The van der Waals surface area contributed by atoms with E-state index in [1.165, 1.54) is 0 Å². The van der Waals surface area contributed by atoms with Crippen LogP contribution in [0.2, 0.25) is 0 Å². The van der Waals surface area contributed by atoms with Gasteiger partial charge in [-0.15, -0.1) is 0 Å². The van der Waals surface area contributed by atoms with Crippen LogP contribution in [0.1, 0.15) is 0 Å². The molecule has 0 amide bonds. The zero-order chi connectivity index (χ0) is 5.66. The molecule has 1 fully saturated rings. The Hall–Kier alpha value is 3.45. The summed E-state index contributed by atoms with van der Waals surface area (Å²) >= 11 is 0. The van der Waals surface area contributed by atoms with E-state index >= 15 is 0 Å². The van der Waals surface area contributed by atoms with E-state index in [9.17, 15) is 0 Å². The van der Waals surface area contributed by atoms with Gasteiger partial charge in [-0.2, -0.15) is 0 Å². The topological polar surface area (TPSA) is 0 Å². The van der Waals surface area contributed by atoms with E-state index in [4.69, 9.17) is 0 Å². The number of rotatable bonds is 0. The molecule has 1 rings (SSSR count). The van der Waals surface area contributed by atoms with Crippen molar-refractivity contribution in [1.82, 2.24) is 0 Å². The van der Waals surface area contributed by atoms with Crippen molar-refractivity contribution in [3.63, 3.8) is 0 Å². The molecule has 0 aromatic rings. The van der Waals surface area contributed by atoms with Crippen LogP contribution in [0.25, 0.3) is 0 Å².